The van der Waals surface area contributed by atoms with Gasteiger partial charge >= 0.3 is 31.2 Å². The predicted molar refractivity (Wildman–Crippen MR) is 107 cm³/mol. The molecule has 0 aliphatic carbocycles. The second-order valence-corrected chi connectivity index (χ2v) is 10.7. The van der Waals surface area contributed by atoms with Crippen LogP contribution in [0, 0.1) is 0 Å². The van der Waals surface area contributed by atoms with Crippen LogP contribution in [0.4, 0.5) is 0 Å². The van der Waals surface area contributed by atoms with Crippen molar-refractivity contribution in [2.24, 2.45) is 0 Å². The van der Waals surface area contributed by atoms with Crippen LogP contribution in [0.2, 0.25) is 0 Å². The van der Waals surface area contributed by atoms with Gasteiger partial charge in [-0.15, -0.1) is 0 Å². The molecule has 18 heteroatoms. The van der Waals surface area contributed by atoms with Crippen molar-refractivity contribution in [1.82, 2.24) is 0 Å². The van der Waals surface area contributed by atoms with Gasteiger partial charge in [-0.1, -0.05) is 26.7 Å². The molecule has 2 aliphatic heterocycles. The number of rotatable bonds is 14. The van der Waals surface area contributed by atoms with Gasteiger partial charge in [0, 0.05) is 12.8 Å². The van der Waals surface area contributed by atoms with Crippen LogP contribution in [0.15, 0.2) is 0 Å². The molecule has 0 aromatic carbocycles. The predicted octanol–water partition coefficient (Wildman–Crippen LogP) is 0.399. The van der Waals surface area contributed by atoms with E-state index in [-0.39, 0.29) is 0 Å². The molecule has 0 aromatic rings. The summed E-state index contributed by atoms with van der Waals surface area (Å²) in [6.07, 6.45) is -4.51. The van der Waals surface area contributed by atoms with Crippen molar-refractivity contribution in [3.8, 4) is 0 Å². The zero-order valence-corrected chi connectivity index (χ0v) is 20.3. The quantitative estimate of drug-likeness (QED) is 0.252. The number of hydrogen-bond acceptors (Lipinski definition) is 12. The van der Waals surface area contributed by atoms with Crippen molar-refractivity contribution in [3.63, 3.8) is 0 Å². The molecular formula is C15H28O15S3. The maximum Gasteiger partial charge on any atom is 0.397 e. The summed E-state index contributed by atoms with van der Waals surface area (Å²) in [6.45, 7) is 2.63. The van der Waals surface area contributed by atoms with E-state index in [2.05, 4.69) is 12.5 Å². The molecule has 2 fully saturated rings. The highest BCUT2D eigenvalue weighted by atomic mass is 32.3. The molecule has 0 aromatic heterocycles. The van der Waals surface area contributed by atoms with Crippen molar-refractivity contribution in [1.29, 1.82) is 0 Å². The molecule has 0 spiro atoms. The lowest BCUT2D eigenvalue weighted by atomic mass is 10.0. The third-order valence-electron chi connectivity index (χ3n) is 4.94. The van der Waals surface area contributed by atoms with Crippen LogP contribution in [0.5, 0.6) is 0 Å². The molecule has 0 radical (unpaired) electrons. The van der Waals surface area contributed by atoms with Crippen LogP contribution >= 0.6 is 0 Å². The second-order valence-electron chi connectivity index (χ2n) is 7.55. The molecule has 196 valence electrons. The Labute approximate surface area is 192 Å². The van der Waals surface area contributed by atoms with Crippen molar-refractivity contribution < 1.29 is 65.7 Å². The van der Waals surface area contributed by atoms with Gasteiger partial charge in [-0.05, 0) is 12.8 Å². The van der Waals surface area contributed by atoms with Gasteiger partial charge in [-0.2, -0.15) is 25.3 Å². The summed E-state index contributed by atoms with van der Waals surface area (Å²) in [4.78, 5) is 0. The Morgan fingerprint density at radius 1 is 0.879 bits per heavy atom. The number of ether oxygens (including phenoxy) is 3. The van der Waals surface area contributed by atoms with Gasteiger partial charge in [0.05, 0.1) is 6.61 Å². The zero-order valence-electron chi connectivity index (χ0n) is 17.8. The highest BCUT2D eigenvalue weighted by Gasteiger charge is 2.61. The van der Waals surface area contributed by atoms with Crippen LogP contribution in [0.25, 0.3) is 0 Å². The molecule has 3 N–H and O–H groups in total. The van der Waals surface area contributed by atoms with Crippen LogP contribution < -0.4 is 0 Å². The Balaban J connectivity index is 2.36. The van der Waals surface area contributed by atoms with E-state index >= 15 is 0 Å². The van der Waals surface area contributed by atoms with Gasteiger partial charge in [0.25, 0.3) is 0 Å². The molecular weight excluding hydrogens is 516 g/mol. The smallest absolute Gasteiger partial charge is 0.341 e. The van der Waals surface area contributed by atoms with E-state index in [1.807, 2.05) is 13.8 Å². The Hall–Kier alpha value is -0.510. The average Bonchev–Trinajstić information content (AvgIpc) is 3.15. The lowest BCUT2D eigenvalue weighted by Crippen LogP contribution is -2.47. The third-order valence-corrected chi connectivity index (χ3v) is 6.33. The molecule has 0 bridgehead atoms. The first-order valence-corrected chi connectivity index (χ1v) is 14.1. The maximum absolute atomic E-state index is 11.5. The van der Waals surface area contributed by atoms with E-state index in [0.29, 0.717) is 25.7 Å². The number of hydrogen-bond donors (Lipinski definition) is 3. The van der Waals surface area contributed by atoms with Gasteiger partial charge in [0.2, 0.25) is 0 Å². The highest BCUT2D eigenvalue weighted by Crippen LogP contribution is 2.45. The summed E-state index contributed by atoms with van der Waals surface area (Å²) in [5.74, 6) is -1.17. The van der Waals surface area contributed by atoms with Gasteiger partial charge in [-0.3, -0.25) is 13.7 Å². The molecule has 2 heterocycles. The van der Waals surface area contributed by atoms with Crippen LogP contribution in [0.3, 0.4) is 0 Å². The second kappa shape index (κ2) is 11.0. The van der Waals surface area contributed by atoms with Crippen LogP contribution in [-0.4, -0.2) is 82.0 Å². The first-order chi connectivity index (χ1) is 15.1. The third kappa shape index (κ3) is 8.89. The first kappa shape index (κ1) is 28.7. The van der Waals surface area contributed by atoms with Crippen molar-refractivity contribution in [2.75, 3.05) is 6.61 Å². The lowest BCUT2D eigenvalue weighted by molar-refractivity contribution is -0.247. The Kier molecular flexibility index (Phi) is 9.61. The summed E-state index contributed by atoms with van der Waals surface area (Å²) in [5, 5.41) is 0. The zero-order chi connectivity index (χ0) is 25.1. The number of unbranched alkanes of at least 4 members (excludes halogenated alkanes) is 2. The standard InChI is InChI=1S/C15H28O15S3/c1-3-5-7-15(8-6-4-2)27-13-12(30-33(22,23)24)11(26-14(13)28-15)10(29-32(19,20)21)9-25-31(16,17)18/h10-14H,3-9H2,1-2H3,(H,16,17,18)(H,19,20,21)(H,22,23,24)/t10-,11-,12+,13-,14-/m1/s1. The lowest BCUT2D eigenvalue weighted by Gasteiger charge is -2.32. The van der Waals surface area contributed by atoms with E-state index in [0.717, 1.165) is 12.8 Å². The van der Waals surface area contributed by atoms with Crippen LogP contribution in [0.1, 0.15) is 52.4 Å². The van der Waals surface area contributed by atoms with E-state index in [9.17, 15) is 29.8 Å². The Morgan fingerprint density at radius 3 is 1.91 bits per heavy atom. The molecule has 0 saturated carbocycles. The number of fused-ring (bicyclic) bond motifs is 1. The summed E-state index contributed by atoms with van der Waals surface area (Å²) < 4.78 is 125. The van der Waals surface area contributed by atoms with E-state index < -0.39 is 74.3 Å². The fourth-order valence-corrected chi connectivity index (χ4v) is 4.93. The minimum absolute atomic E-state index is 0.417. The normalized spacial score (nSPS) is 28.6. The summed E-state index contributed by atoms with van der Waals surface area (Å²) in [7, 11) is -15.5. The minimum atomic E-state index is -5.25. The van der Waals surface area contributed by atoms with Gasteiger partial charge in [-0.25, -0.2) is 12.5 Å². The Bertz CT molecular complexity index is 953. The molecule has 15 nitrogen and oxygen atoms in total. The van der Waals surface area contributed by atoms with Gasteiger partial charge in [0.15, 0.2) is 12.1 Å². The van der Waals surface area contributed by atoms with Gasteiger partial charge in [0.1, 0.15) is 24.4 Å². The van der Waals surface area contributed by atoms with Crippen molar-refractivity contribution in [2.45, 2.75) is 88.9 Å². The topological polar surface area (TPSA) is 218 Å². The molecule has 2 aliphatic rings. The fraction of sp³-hybridized carbons (Fsp3) is 1.00. The van der Waals surface area contributed by atoms with Crippen molar-refractivity contribution in [3.05, 3.63) is 0 Å². The summed E-state index contributed by atoms with van der Waals surface area (Å²) in [5.41, 5.74) is 0. The molecule has 0 amide bonds. The molecule has 5 atom stereocenters. The Morgan fingerprint density at radius 2 is 1.45 bits per heavy atom. The molecule has 2 saturated heterocycles. The minimum Gasteiger partial charge on any atom is -0.341 e. The summed E-state index contributed by atoms with van der Waals surface area (Å²) in [6, 6.07) is 0. The average molecular weight is 545 g/mol. The van der Waals surface area contributed by atoms with Gasteiger partial charge < -0.3 is 14.2 Å². The van der Waals surface area contributed by atoms with Crippen LogP contribution in [-0.2, 0) is 58.0 Å². The van der Waals surface area contributed by atoms with E-state index in [1.54, 1.807) is 0 Å². The molecule has 2 rings (SSSR count). The fourth-order valence-electron chi connectivity index (χ4n) is 3.65. The molecule has 0 unspecified atom stereocenters. The SMILES string of the molecule is CCCCC1(CCCC)O[C@H]2O[C@H]([C@@H](COS(=O)(=O)O)OS(=O)(=O)O)[C@H](OS(=O)(=O)O)[C@H]2O1. The first-order valence-electron chi connectivity index (χ1n) is 10.0. The van der Waals surface area contributed by atoms with Crippen molar-refractivity contribution >= 4 is 31.2 Å². The maximum atomic E-state index is 11.5. The van der Waals surface area contributed by atoms with E-state index in [1.165, 1.54) is 0 Å². The molecule has 33 heavy (non-hydrogen) atoms. The largest absolute Gasteiger partial charge is 0.397 e. The highest BCUT2D eigenvalue weighted by molar-refractivity contribution is 7.81. The monoisotopic (exact) mass is 544 g/mol. The summed E-state index contributed by atoms with van der Waals surface area (Å²) >= 11 is 0. The van der Waals surface area contributed by atoms with E-state index in [4.69, 9.17) is 23.3 Å².